The van der Waals surface area contributed by atoms with E-state index < -0.39 is 15.9 Å². The topological polar surface area (TPSA) is 93.9 Å². The lowest BCUT2D eigenvalue weighted by atomic mass is 10.1. The first kappa shape index (κ1) is 24.4. The summed E-state index contributed by atoms with van der Waals surface area (Å²) in [5.41, 5.74) is 1.58. The number of ether oxygens (including phenoxy) is 1. The molecule has 4 rings (SSSR count). The quantitative estimate of drug-likeness (QED) is 0.353. The number of nitrogens with zero attached hydrogens (tertiary/aromatic N) is 3. The van der Waals surface area contributed by atoms with Crippen molar-refractivity contribution < 1.29 is 22.7 Å². The Morgan fingerprint density at radius 1 is 1.03 bits per heavy atom. The monoisotopic (exact) mass is 493 g/mol. The molecular formula is C26H27N3O5S. The number of pyridine rings is 1. The molecule has 0 bridgehead atoms. The molecule has 2 aromatic carbocycles. The summed E-state index contributed by atoms with van der Waals surface area (Å²) in [5, 5.41) is 11.3. The van der Waals surface area contributed by atoms with Gasteiger partial charge >= 0.3 is 0 Å². The summed E-state index contributed by atoms with van der Waals surface area (Å²) in [6.45, 7) is 1.53. The number of hydrogen-bond acceptors (Lipinski definition) is 6. The maximum Gasteiger partial charge on any atom is 0.270 e. The predicted octanol–water partition coefficient (Wildman–Crippen LogP) is 3.32. The number of methoxy groups -OCH3 is 1. The van der Waals surface area contributed by atoms with Gasteiger partial charge in [0.05, 0.1) is 24.2 Å². The van der Waals surface area contributed by atoms with Gasteiger partial charge in [0.15, 0.2) is 12.4 Å². The Balaban J connectivity index is 1.76. The molecule has 0 spiro atoms. The van der Waals surface area contributed by atoms with E-state index in [9.17, 15) is 18.4 Å². The van der Waals surface area contributed by atoms with Gasteiger partial charge in [-0.15, -0.1) is 0 Å². The molecule has 0 unspecified atom stereocenters. The molecule has 1 aliphatic rings. The molecule has 0 N–H and O–H groups in total. The van der Waals surface area contributed by atoms with Gasteiger partial charge in [-0.2, -0.15) is 4.73 Å². The third kappa shape index (κ3) is 5.70. The zero-order valence-electron chi connectivity index (χ0n) is 19.4. The van der Waals surface area contributed by atoms with Crippen LogP contribution in [0.3, 0.4) is 0 Å². The lowest BCUT2D eigenvalue weighted by Crippen LogP contribution is -2.43. The van der Waals surface area contributed by atoms with E-state index >= 15 is 0 Å². The molecule has 0 saturated carbocycles. The van der Waals surface area contributed by atoms with Crippen molar-refractivity contribution in [1.82, 2.24) is 4.90 Å². The molecule has 1 amide bonds. The van der Waals surface area contributed by atoms with Crippen LogP contribution in [0, 0.1) is 5.21 Å². The standard InChI is InChI=1S/C26H27N3O5S/c1-34-23-10-12-24(13-11-23)35(32,33)29(26(30)20-27-16-4-5-17-27)25-7-3-2-6-22(25)9-8-21-14-18-28(31)19-15-21/h2-3,6-15,18-19H,4-5,16-17,20H2,1H3/b9-8+. The highest BCUT2D eigenvalue weighted by atomic mass is 32.2. The summed E-state index contributed by atoms with van der Waals surface area (Å²) in [7, 11) is -2.71. The Morgan fingerprint density at radius 3 is 2.34 bits per heavy atom. The van der Waals surface area contributed by atoms with E-state index in [1.165, 1.54) is 31.6 Å². The first-order valence-electron chi connectivity index (χ1n) is 11.3. The lowest BCUT2D eigenvalue weighted by molar-refractivity contribution is -0.605. The van der Waals surface area contributed by atoms with Crippen LogP contribution in [0.2, 0.25) is 0 Å². The van der Waals surface area contributed by atoms with Gasteiger partial charge in [0.1, 0.15) is 5.75 Å². The van der Waals surface area contributed by atoms with Crippen molar-refractivity contribution in [1.29, 1.82) is 0 Å². The van der Waals surface area contributed by atoms with Crippen LogP contribution < -0.4 is 13.8 Å². The van der Waals surface area contributed by atoms with Crippen molar-refractivity contribution in [2.24, 2.45) is 0 Å². The summed E-state index contributed by atoms with van der Waals surface area (Å²) in [6, 6.07) is 16.1. The number of benzene rings is 2. The van der Waals surface area contributed by atoms with Crippen LogP contribution in [0.15, 0.2) is 78.0 Å². The van der Waals surface area contributed by atoms with Crippen LogP contribution in [0.1, 0.15) is 24.0 Å². The average molecular weight is 494 g/mol. The summed E-state index contributed by atoms with van der Waals surface area (Å²) in [4.78, 5) is 15.5. The molecule has 0 aliphatic carbocycles. The normalized spacial score (nSPS) is 14.3. The molecule has 1 saturated heterocycles. The second kappa shape index (κ2) is 10.7. The molecule has 0 radical (unpaired) electrons. The number of sulfonamides is 1. The zero-order chi connectivity index (χ0) is 24.8. The highest BCUT2D eigenvalue weighted by molar-refractivity contribution is 7.93. The predicted molar refractivity (Wildman–Crippen MR) is 134 cm³/mol. The number of para-hydroxylation sites is 1. The van der Waals surface area contributed by atoms with Crippen molar-refractivity contribution in [3.8, 4) is 5.75 Å². The van der Waals surface area contributed by atoms with Gasteiger partial charge < -0.3 is 9.94 Å². The minimum absolute atomic E-state index is 0.00471. The van der Waals surface area contributed by atoms with Gasteiger partial charge in [0.25, 0.3) is 15.9 Å². The van der Waals surface area contributed by atoms with Gasteiger partial charge in [0.2, 0.25) is 0 Å². The van der Waals surface area contributed by atoms with Crippen LogP contribution in [0.4, 0.5) is 5.69 Å². The zero-order valence-corrected chi connectivity index (χ0v) is 20.2. The molecule has 1 fully saturated rings. The molecular weight excluding hydrogens is 466 g/mol. The summed E-state index contributed by atoms with van der Waals surface area (Å²) < 4.78 is 34.3. The van der Waals surface area contributed by atoms with E-state index in [4.69, 9.17) is 4.74 Å². The number of carbonyl (C=O) groups is 1. The maximum absolute atomic E-state index is 13.8. The van der Waals surface area contributed by atoms with Gasteiger partial charge in [-0.3, -0.25) is 9.69 Å². The van der Waals surface area contributed by atoms with Crippen LogP contribution in [0.5, 0.6) is 5.75 Å². The Hall–Kier alpha value is -3.69. The van der Waals surface area contributed by atoms with E-state index in [1.54, 1.807) is 60.7 Å². The number of anilines is 1. The lowest BCUT2D eigenvalue weighted by Gasteiger charge is -2.26. The third-order valence-corrected chi connectivity index (χ3v) is 7.57. The van der Waals surface area contributed by atoms with Gasteiger partial charge in [-0.1, -0.05) is 30.4 Å². The van der Waals surface area contributed by atoms with Gasteiger partial charge in [-0.05, 0) is 67.4 Å². The number of likely N-dealkylation sites (tertiary alicyclic amines) is 1. The number of amides is 1. The van der Waals surface area contributed by atoms with Crippen molar-refractivity contribution >= 4 is 33.8 Å². The highest BCUT2D eigenvalue weighted by Crippen LogP contribution is 2.30. The molecule has 1 aliphatic heterocycles. The van der Waals surface area contributed by atoms with Crippen molar-refractivity contribution in [2.45, 2.75) is 17.7 Å². The molecule has 3 aromatic rings. The second-order valence-electron chi connectivity index (χ2n) is 8.21. The van der Waals surface area contributed by atoms with Gasteiger partial charge in [-0.25, -0.2) is 12.7 Å². The second-order valence-corrected chi connectivity index (χ2v) is 9.99. The minimum atomic E-state index is -4.21. The molecule has 2 heterocycles. The first-order valence-corrected chi connectivity index (χ1v) is 12.7. The molecule has 1 aromatic heterocycles. The smallest absolute Gasteiger partial charge is 0.270 e. The van der Waals surface area contributed by atoms with E-state index in [0.717, 1.165) is 35.8 Å². The van der Waals surface area contributed by atoms with Crippen LogP contribution in [-0.2, 0) is 14.8 Å². The van der Waals surface area contributed by atoms with E-state index in [0.29, 0.717) is 16.0 Å². The Bertz CT molecular complexity index is 1300. The van der Waals surface area contributed by atoms with Crippen LogP contribution in [-0.4, -0.2) is 46.0 Å². The maximum atomic E-state index is 13.8. The minimum Gasteiger partial charge on any atom is -0.619 e. The molecule has 8 nitrogen and oxygen atoms in total. The fraction of sp³-hybridized carbons (Fsp3) is 0.231. The van der Waals surface area contributed by atoms with E-state index in [-0.39, 0.29) is 17.1 Å². The molecule has 0 atom stereocenters. The Kier molecular flexibility index (Phi) is 7.48. The molecule has 182 valence electrons. The SMILES string of the molecule is COc1ccc(S(=O)(=O)N(C(=O)CN2CCCC2)c2ccccc2/C=C/c2cc[n+]([O-])cc2)cc1. The number of aromatic nitrogens is 1. The van der Waals surface area contributed by atoms with E-state index in [2.05, 4.69) is 0 Å². The molecule has 9 heteroatoms. The first-order chi connectivity index (χ1) is 16.9. The van der Waals surface area contributed by atoms with Gasteiger partial charge in [0, 0.05) is 12.1 Å². The largest absolute Gasteiger partial charge is 0.619 e. The number of hydrogen-bond donors (Lipinski definition) is 0. The average Bonchev–Trinajstić information content (AvgIpc) is 3.37. The van der Waals surface area contributed by atoms with Crippen molar-refractivity contribution in [2.75, 3.05) is 31.0 Å². The molecule has 35 heavy (non-hydrogen) atoms. The summed E-state index contributed by atoms with van der Waals surface area (Å²) in [6.07, 6.45) is 8.23. The van der Waals surface area contributed by atoms with Crippen LogP contribution >= 0.6 is 0 Å². The Labute approximate surface area is 205 Å². The van der Waals surface area contributed by atoms with Crippen molar-refractivity contribution in [3.05, 3.63) is 89.4 Å². The number of rotatable bonds is 8. The summed E-state index contributed by atoms with van der Waals surface area (Å²) in [5.74, 6) is 0.000152. The third-order valence-electron chi connectivity index (χ3n) is 5.82. The Morgan fingerprint density at radius 2 is 1.69 bits per heavy atom. The fourth-order valence-corrected chi connectivity index (χ4v) is 5.42. The number of carbonyl (C=O) groups excluding carboxylic acids is 1. The highest BCUT2D eigenvalue weighted by Gasteiger charge is 2.33. The van der Waals surface area contributed by atoms with E-state index in [1.807, 2.05) is 4.90 Å². The van der Waals surface area contributed by atoms with Crippen LogP contribution in [0.25, 0.3) is 12.2 Å². The summed E-state index contributed by atoms with van der Waals surface area (Å²) >= 11 is 0. The van der Waals surface area contributed by atoms with Crippen molar-refractivity contribution in [3.63, 3.8) is 0 Å². The fourth-order valence-electron chi connectivity index (χ4n) is 3.98.